The number of para-hydroxylation sites is 1. The Labute approximate surface area is 139 Å². The molecule has 0 amide bonds. The van der Waals surface area contributed by atoms with Crippen LogP contribution in [-0.2, 0) is 4.74 Å². The van der Waals surface area contributed by atoms with E-state index in [-0.39, 0.29) is 17.7 Å². The molecule has 2 aliphatic rings. The van der Waals surface area contributed by atoms with Crippen LogP contribution in [0.15, 0.2) is 24.3 Å². The quantitative estimate of drug-likeness (QED) is 0.911. The van der Waals surface area contributed by atoms with Crippen LogP contribution in [0.4, 0.5) is 13.2 Å². The Morgan fingerprint density at radius 1 is 1.12 bits per heavy atom. The van der Waals surface area contributed by atoms with Crippen LogP contribution in [0.2, 0.25) is 0 Å². The van der Waals surface area contributed by atoms with E-state index in [1.165, 1.54) is 6.07 Å². The summed E-state index contributed by atoms with van der Waals surface area (Å²) >= 11 is 0. The largest absolute Gasteiger partial charge is 0.573 e. The molecule has 4 nitrogen and oxygen atoms in total. The van der Waals surface area contributed by atoms with Gasteiger partial charge in [0.1, 0.15) is 5.75 Å². The van der Waals surface area contributed by atoms with E-state index in [4.69, 9.17) is 4.74 Å². The lowest BCUT2D eigenvalue weighted by Gasteiger charge is -2.41. The standard InChI is InChI=1S/C17H23F3N2O2/c18-17(19,20)24-15-4-2-1-3-14(15)16(13-5-11-23-12-6-13)22-9-7-21-8-10-22/h1-4,13,16,21H,5-12H2/t16-/m0/s1. The number of piperazine rings is 1. The highest BCUT2D eigenvalue weighted by molar-refractivity contribution is 5.37. The Hall–Kier alpha value is -1.31. The van der Waals surface area contributed by atoms with E-state index in [2.05, 4.69) is 15.0 Å². The number of rotatable bonds is 4. The molecule has 0 aromatic heterocycles. The highest BCUT2D eigenvalue weighted by Gasteiger charge is 2.36. The van der Waals surface area contributed by atoms with Crippen molar-refractivity contribution in [3.05, 3.63) is 29.8 Å². The first kappa shape index (κ1) is 17.5. The van der Waals surface area contributed by atoms with Crippen LogP contribution in [0, 0.1) is 5.92 Å². The van der Waals surface area contributed by atoms with E-state index < -0.39 is 6.36 Å². The monoisotopic (exact) mass is 344 g/mol. The minimum atomic E-state index is -4.68. The SMILES string of the molecule is FC(F)(F)Oc1ccccc1[C@H](C1CCOCC1)N1CCNCC1. The Kier molecular flexibility index (Phi) is 5.63. The predicted molar refractivity (Wildman–Crippen MR) is 83.9 cm³/mol. The van der Waals surface area contributed by atoms with Crippen LogP contribution in [0.5, 0.6) is 5.75 Å². The molecule has 0 spiro atoms. The molecule has 1 N–H and O–H groups in total. The first-order valence-corrected chi connectivity index (χ1v) is 8.42. The van der Waals surface area contributed by atoms with E-state index in [0.717, 1.165) is 39.0 Å². The number of alkyl halides is 3. The molecule has 0 aliphatic carbocycles. The minimum Gasteiger partial charge on any atom is -0.405 e. The minimum absolute atomic E-state index is 0.0745. The van der Waals surface area contributed by atoms with Gasteiger partial charge in [-0.3, -0.25) is 4.90 Å². The van der Waals surface area contributed by atoms with Gasteiger partial charge in [-0.25, -0.2) is 0 Å². The molecule has 24 heavy (non-hydrogen) atoms. The third-order valence-electron chi connectivity index (χ3n) is 4.72. The lowest BCUT2D eigenvalue weighted by molar-refractivity contribution is -0.275. The lowest BCUT2D eigenvalue weighted by Crippen LogP contribution is -2.47. The summed E-state index contributed by atoms with van der Waals surface area (Å²) in [4.78, 5) is 2.28. The maximum atomic E-state index is 12.8. The summed E-state index contributed by atoms with van der Waals surface area (Å²) in [7, 11) is 0. The second kappa shape index (κ2) is 7.72. The Bertz CT molecular complexity index is 509. The smallest absolute Gasteiger partial charge is 0.405 e. The van der Waals surface area contributed by atoms with Gasteiger partial charge in [0.15, 0.2) is 0 Å². The average molecular weight is 344 g/mol. The van der Waals surface area contributed by atoms with Gasteiger partial charge in [-0.05, 0) is 24.8 Å². The molecule has 0 bridgehead atoms. The number of hydrogen-bond acceptors (Lipinski definition) is 4. The van der Waals surface area contributed by atoms with Gasteiger partial charge in [0.2, 0.25) is 0 Å². The van der Waals surface area contributed by atoms with E-state index in [1.54, 1.807) is 18.2 Å². The van der Waals surface area contributed by atoms with Crippen LogP contribution >= 0.6 is 0 Å². The molecule has 2 fully saturated rings. The Balaban J connectivity index is 1.92. The molecule has 0 radical (unpaired) electrons. The van der Waals surface area contributed by atoms with Gasteiger partial charge in [0.05, 0.1) is 0 Å². The Morgan fingerprint density at radius 3 is 2.46 bits per heavy atom. The van der Waals surface area contributed by atoms with Crippen LogP contribution in [0.25, 0.3) is 0 Å². The summed E-state index contributed by atoms with van der Waals surface area (Å²) in [6, 6.07) is 6.48. The fourth-order valence-electron chi connectivity index (χ4n) is 3.68. The van der Waals surface area contributed by atoms with E-state index in [0.29, 0.717) is 18.8 Å². The molecule has 2 aliphatic heterocycles. The van der Waals surface area contributed by atoms with E-state index in [1.807, 2.05) is 0 Å². The van der Waals surface area contributed by atoms with Crippen molar-refractivity contribution in [1.29, 1.82) is 0 Å². The van der Waals surface area contributed by atoms with Crippen LogP contribution in [0.1, 0.15) is 24.4 Å². The van der Waals surface area contributed by atoms with Gasteiger partial charge in [-0.15, -0.1) is 13.2 Å². The molecule has 2 saturated heterocycles. The number of ether oxygens (including phenoxy) is 2. The van der Waals surface area contributed by atoms with Crippen molar-refractivity contribution in [1.82, 2.24) is 10.2 Å². The van der Waals surface area contributed by atoms with Gasteiger partial charge in [0.25, 0.3) is 0 Å². The normalized spacial score (nSPS) is 22.3. The van der Waals surface area contributed by atoms with Crippen LogP contribution in [-0.4, -0.2) is 50.7 Å². The molecule has 0 unspecified atom stereocenters. The number of nitrogens with one attached hydrogen (secondary N) is 1. The van der Waals surface area contributed by atoms with Crippen molar-refractivity contribution in [2.45, 2.75) is 25.2 Å². The second-order valence-corrected chi connectivity index (χ2v) is 6.27. The summed E-state index contributed by atoms with van der Waals surface area (Å²) in [5, 5.41) is 3.30. The first-order chi connectivity index (χ1) is 11.5. The summed E-state index contributed by atoms with van der Waals surface area (Å²) in [6.07, 6.45) is -2.97. The third kappa shape index (κ3) is 4.40. The van der Waals surface area contributed by atoms with Crippen molar-refractivity contribution >= 4 is 0 Å². The maximum Gasteiger partial charge on any atom is 0.573 e. The van der Waals surface area contributed by atoms with Crippen molar-refractivity contribution in [3.8, 4) is 5.75 Å². The lowest BCUT2D eigenvalue weighted by atomic mass is 9.85. The van der Waals surface area contributed by atoms with Crippen molar-refractivity contribution in [2.24, 2.45) is 5.92 Å². The highest BCUT2D eigenvalue weighted by atomic mass is 19.4. The predicted octanol–water partition coefficient (Wildman–Crippen LogP) is 2.96. The van der Waals surface area contributed by atoms with Gasteiger partial charge in [0, 0.05) is 51.0 Å². The van der Waals surface area contributed by atoms with Gasteiger partial charge < -0.3 is 14.8 Å². The number of benzene rings is 1. The molecular weight excluding hydrogens is 321 g/mol. The third-order valence-corrected chi connectivity index (χ3v) is 4.72. The number of halogens is 3. The fourth-order valence-corrected chi connectivity index (χ4v) is 3.68. The molecule has 2 heterocycles. The fraction of sp³-hybridized carbons (Fsp3) is 0.647. The van der Waals surface area contributed by atoms with Crippen molar-refractivity contribution < 1.29 is 22.6 Å². The van der Waals surface area contributed by atoms with Crippen molar-refractivity contribution in [2.75, 3.05) is 39.4 Å². The van der Waals surface area contributed by atoms with Gasteiger partial charge in [-0.1, -0.05) is 18.2 Å². The summed E-state index contributed by atoms with van der Waals surface area (Å²) in [5.74, 6) is 0.190. The zero-order valence-corrected chi connectivity index (χ0v) is 13.5. The zero-order chi connectivity index (χ0) is 17.0. The number of hydrogen-bond donors (Lipinski definition) is 1. The van der Waals surface area contributed by atoms with Gasteiger partial charge in [-0.2, -0.15) is 0 Å². The molecule has 0 saturated carbocycles. The molecule has 1 aromatic carbocycles. The maximum absolute atomic E-state index is 12.8. The zero-order valence-electron chi connectivity index (χ0n) is 13.5. The van der Waals surface area contributed by atoms with E-state index in [9.17, 15) is 13.2 Å². The molecule has 1 aromatic rings. The Morgan fingerprint density at radius 2 is 1.79 bits per heavy atom. The number of nitrogens with zero attached hydrogens (tertiary/aromatic N) is 1. The van der Waals surface area contributed by atoms with Crippen molar-refractivity contribution in [3.63, 3.8) is 0 Å². The molecular formula is C17H23F3N2O2. The molecule has 134 valence electrons. The highest BCUT2D eigenvalue weighted by Crippen LogP contribution is 2.40. The summed E-state index contributed by atoms with van der Waals surface area (Å²) < 4.78 is 48.2. The summed E-state index contributed by atoms with van der Waals surface area (Å²) in [6.45, 7) is 4.67. The summed E-state index contributed by atoms with van der Waals surface area (Å²) in [5.41, 5.74) is 0.628. The average Bonchev–Trinajstić information content (AvgIpc) is 2.57. The first-order valence-electron chi connectivity index (χ1n) is 8.42. The topological polar surface area (TPSA) is 33.7 Å². The van der Waals surface area contributed by atoms with Crippen LogP contribution in [0.3, 0.4) is 0 Å². The molecule has 3 rings (SSSR count). The van der Waals surface area contributed by atoms with Gasteiger partial charge >= 0.3 is 6.36 Å². The second-order valence-electron chi connectivity index (χ2n) is 6.27. The van der Waals surface area contributed by atoms with E-state index >= 15 is 0 Å². The van der Waals surface area contributed by atoms with Crippen LogP contribution < -0.4 is 10.1 Å². The molecule has 1 atom stereocenters. The molecule has 7 heteroatoms.